The van der Waals surface area contributed by atoms with Crippen LogP contribution in [0.3, 0.4) is 0 Å². The molecule has 0 bridgehead atoms. The molecule has 2 heterocycles. The highest BCUT2D eigenvalue weighted by molar-refractivity contribution is 7.99. The molecule has 1 aromatic rings. The molecule has 7 heteroatoms. The number of imidazole rings is 1. The number of carbonyl (C=O) groups is 2. The van der Waals surface area contributed by atoms with Crippen molar-refractivity contribution in [2.24, 2.45) is 7.05 Å². The first kappa shape index (κ1) is 13.1. The first-order valence-corrected chi connectivity index (χ1v) is 6.69. The molecule has 0 aromatic carbocycles. The van der Waals surface area contributed by atoms with E-state index in [2.05, 4.69) is 4.98 Å². The Hall–Kier alpha value is -1.34. The molecular formula is C11H15N3O3S. The van der Waals surface area contributed by atoms with Gasteiger partial charge in [0.2, 0.25) is 11.8 Å². The summed E-state index contributed by atoms with van der Waals surface area (Å²) >= 11 is 1.47. The van der Waals surface area contributed by atoms with E-state index in [0.717, 1.165) is 10.9 Å². The Labute approximate surface area is 109 Å². The van der Waals surface area contributed by atoms with Gasteiger partial charge in [0.15, 0.2) is 5.16 Å². The van der Waals surface area contributed by atoms with Gasteiger partial charge < -0.3 is 9.67 Å². The van der Waals surface area contributed by atoms with Crippen LogP contribution in [0, 0.1) is 0 Å². The summed E-state index contributed by atoms with van der Waals surface area (Å²) in [6, 6.07) is 0. The minimum absolute atomic E-state index is 0.0485. The van der Waals surface area contributed by atoms with E-state index in [1.165, 1.54) is 16.7 Å². The van der Waals surface area contributed by atoms with Crippen molar-refractivity contribution in [1.82, 2.24) is 14.5 Å². The molecule has 18 heavy (non-hydrogen) atoms. The minimum atomic E-state index is -0.0866. The number of thioether (sulfide) groups is 1. The number of carbonyl (C=O) groups excluding carboxylic acids is 2. The van der Waals surface area contributed by atoms with Gasteiger partial charge in [0, 0.05) is 32.2 Å². The van der Waals surface area contributed by atoms with Crippen molar-refractivity contribution in [2.75, 3.05) is 12.3 Å². The average molecular weight is 269 g/mol. The third kappa shape index (κ3) is 2.56. The maximum absolute atomic E-state index is 11.4. The van der Waals surface area contributed by atoms with Gasteiger partial charge >= 0.3 is 0 Å². The lowest BCUT2D eigenvalue weighted by Crippen LogP contribution is -2.31. The smallest absolute Gasteiger partial charge is 0.229 e. The van der Waals surface area contributed by atoms with E-state index in [1.54, 1.807) is 10.8 Å². The number of likely N-dealkylation sites (tertiary alicyclic amines) is 1. The fourth-order valence-corrected chi connectivity index (χ4v) is 2.70. The minimum Gasteiger partial charge on any atom is -0.390 e. The highest BCUT2D eigenvalue weighted by Crippen LogP contribution is 2.19. The van der Waals surface area contributed by atoms with Crippen LogP contribution in [-0.2, 0) is 23.2 Å². The predicted molar refractivity (Wildman–Crippen MR) is 65.8 cm³/mol. The molecule has 1 aromatic heterocycles. The molecule has 0 unspecified atom stereocenters. The summed E-state index contributed by atoms with van der Waals surface area (Å²) in [5.41, 5.74) is 0.742. The van der Waals surface area contributed by atoms with Crippen molar-refractivity contribution in [1.29, 1.82) is 0 Å². The summed E-state index contributed by atoms with van der Waals surface area (Å²) in [5.74, 6) is 0.445. The van der Waals surface area contributed by atoms with E-state index in [1.807, 2.05) is 7.05 Å². The molecule has 1 saturated heterocycles. The second kappa shape index (κ2) is 5.53. The molecule has 2 amide bonds. The molecule has 1 N–H and O–H groups in total. The molecule has 0 aliphatic carbocycles. The molecule has 0 saturated carbocycles. The number of rotatable bonds is 5. The lowest BCUT2D eigenvalue weighted by molar-refractivity contribution is -0.137. The van der Waals surface area contributed by atoms with Crippen molar-refractivity contribution in [3.8, 4) is 0 Å². The number of imide groups is 1. The third-order valence-electron chi connectivity index (χ3n) is 2.90. The highest BCUT2D eigenvalue weighted by Gasteiger charge is 2.28. The second-order valence-corrected chi connectivity index (χ2v) is 5.10. The van der Waals surface area contributed by atoms with Gasteiger partial charge in [-0.25, -0.2) is 4.98 Å². The third-order valence-corrected chi connectivity index (χ3v) is 3.93. The van der Waals surface area contributed by atoms with Gasteiger partial charge in [0.1, 0.15) is 0 Å². The van der Waals surface area contributed by atoms with Gasteiger partial charge in [-0.05, 0) is 0 Å². The maximum Gasteiger partial charge on any atom is 0.229 e. The quantitative estimate of drug-likeness (QED) is 0.608. The summed E-state index contributed by atoms with van der Waals surface area (Å²) in [4.78, 5) is 28.2. The number of aliphatic hydroxyl groups excluding tert-OH is 1. The lowest BCUT2D eigenvalue weighted by Gasteiger charge is -2.12. The topological polar surface area (TPSA) is 75.4 Å². The summed E-state index contributed by atoms with van der Waals surface area (Å²) in [6.45, 7) is 0.372. The zero-order valence-electron chi connectivity index (χ0n) is 10.1. The van der Waals surface area contributed by atoms with Gasteiger partial charge in [-0.15, -0.1) is 0 Å². The van der Waals surface area contributed by atoms with Crippen molar-refractivity contribution < 1.29 is 14.7 Å². The van der Waals surface area contributed by atoms with Crippen LogP contribution in [0.4, 0.5) is 0 Å². The van der Waals surface area contributed by atoms with Crippen molar-refractivity contribution in [3.05, 3.63) is 11.9 Å². The molecule has 1 fully saturated rings. The van der Waals surface area contributed by atoms with Crippen LogP contribution in [0.1, 0.15) is 18.5 Å². The van der Waals surface area contributed by atoms with E-state index in [0.29, 0.717) is 25.1 Å². The van der Waals surface area contributed by atoms with Crippen LogP contribution in [-0.4, -0.2) is 43.7 Å². The fourth-order valence-electron chi connectivity index (χ4n) is 1.81. The van der Waals surface area contributed by atoms with Gasteiger partial charge in [-0.3, -0.25) is 14.5 Å². The normalized spacial score (nSPS) is 15.8. The molecule has 0 spiro atoms. The highest BCUT2D eigenvalue weighted by atomic mass is 32.2. The van der Waals surface area contributed by atoms with Crippen molar-refractivity contribution in [2.45, 2.75) is 24.6 Å². The van der Waals surface area contributed by atoms with E-state index >= 15 is 0 Å². The zero-order chi connectivity index (χ0) is 13.1. The van der Waals surface area contributed by atoms with Crippen LogP contribution in [0.5, 0.6) is 0 Å². The number of hydrogen-bond acceptors (Lipinski definition) is 5. The standard InChI is InChI=1S/C11H15N3O3S/c1-13-8(7-15)6-12-11(13)18-5-4-14-9(16)2-3-10(14)17/h6,15H,2-5,7H2,1H3. The fraction of sp³-hybridized carbons (Fsp3) is 0.545. The molecular weight excluding hydrogens is 254 g/mol. The van der Waals surface area contributed by atoms with Crippen LogP contribution in [0.2, 0.25) is 0 Å². The SMILES string of the molecule is Cn1c(CO)cnc1SCCN1C(=O)CCC1=O. The summed E-state index contributed by atoms with van der Waals surface area (Å²) in [6.07, 6.45) is 2.29. The van der Waals surface area contributed by atoms with E-state index < -0.39 is 0 Å². The Morgan fingerprint density at radius 1 is 1.39 bits per heavy atom. The Balaban J connectivity index is 1.86. The van der Waals surface area contributed by atoms with Gasteiger partial charge in [-0.2, -0.15) is 0 Å². The lowest BCUT2D eigenvalue weighted by atomic mass is 10.4. The molecule has 6 nitrogen and oxygen atoms in total. The monoisotopic (exact) mass is 269 g/mol. The Bertz CT molecular complexity index is 456. The second-order valence-electron chi connectivity index (χ2n) is 4.04. The van der Waals surface area contributed by atoms with E-state index in [-0.39, 0.29) is 18.4 Å². The average Bonchev–Trinajstić information content (AvgIpc) is 2.86. The molecule has 1 aliphatic heterocycles. The van der Waals surface area contributed by atoms with Crippen LogP contribution >= 0.6 is 11.8 Å². The van der Waals surface area contributed by atoms with E-state index in [9.17, 15) is 9.59 Å². The molecule has 1 aliphatic rings. The van der Waals surface area contributed by atoms with Gasteiger partial charge in [0.05, 0.1) is 18.5 Å². The van der Waals surface area contributed by atoms with Crippen molar-refractivity contribution in [3.63, 3.8) is 0 Å². The maximum atomic E-state index is 11.4. The van der Waals surface area contributed by atoms with Crippen LogP contribution in [0.15, 0.2) is 11.4 Å². The van der Waals surface area contributed by atoms with Crippen LogP contribution in [0.25, 0.3) is 0 Å². The first-order chi connectivity index (χ1) is 8.63. The number of amides is 2. The van der Waals surface area contributed by atoms with E-state index in [4.69, 9.17) is 5.11 Å². The number of aromatic nitrogens is 2. The van der Waals surface area contributed by atoms with Gasteiger partial charge in [0.25, 0.3) is 0 Å². The molecule has 98 valence electrons. The predicted octanol–water partition coefficient (Wildman–Crippen LogP) is 0.154. The van der Waals surface area contributed by atoms with Crippen molar-refractivity contribution >= 4 is 23.6 Å². The molecule has 0 radical (unpaired) electrons. The Kier molecular flexibility index (Phi) is 4.03. The number of aliphatic hydroxyl groups is 1. The molecule has 0 atom stereocenters. The zero-order valence-corrected chi connectivity index (χ0v) is 10.9. The van der Waals surface area contributed by atoms with Crippen LogP contribution < -0.4 is 0 Å². The summed E-state index contributed by atoms with van der Waals surface area (Å²) in [7, 11) is 1.83. The largest absolute Gasteiger partial charge is 0.390 e. The Morgan fingerprint density at radius 3 is 2.61 bits per heavy atom. The number of nitrogens with zero attached hydrogens (tertiary/aromatic N) is 3. The molecule has 2 rings (SSSR count). The summed E-state index contributed by atoms with van der Waals surface area (Å²) in [5, 5.41) is 9.81. The number of hydrogen-bond donors (Lipinski definition) is 1. The summed E-state index contributed by atoms with van der Waals surface area (Å²) < 4.78 is 1.80. The first-order valence-electron chi connectivity index (χ1n) is 5.71. The Morgan fingerprint density at radius 2 is 2.06 bits per heavy atom. The van der Waals surface area contributed by atoms with Gasteiger partial charge in [-0.1, -0.05) is 11.8 Å².